The number of aryl methyl sites for hydroxylation is 2. The summed E-state index contributed by atoms with van der Waals surface area (Å²) in [5.74, 6) is 0. The van der Waals surface area contributed by atoms with Crippen LogP contribution in [-0.2, 0) is 0 Å². The van der Waals surface area contributed by atoms with Gasteiger partial charge < -0.3 is 15.1 Å². The van der Waals surface area contributed by atoms with Crippen molar-refractivity contribution in [3.8, 4) is 0 Å². The summed E-state index contributed by atoms with van der Waals surface area (Å²) >= 11 is 11.7. The van der Waals surface area contributed by atoms with E-state index in [9.17, 15) is 0 Å². The average molecular weight is 360 g/mol. The molecule has 1 fully saturated rings. The van der Waals surface area contributed by atoms with Crippen LogP contribution in [0.2, 0.25) is 5.02 Å². The summed E-state index contributed by atoms with van der Waals surface area (Å²) in [6.07, 6.45) is 0. The summed E-state index contributed by atoms with van der Waals surface area (Å²) in [5, 5.41) is 5.01. The molecule has 1 aliphatic heterocycles. The number of piperazine rings is 1. The number of para-hydroxylation sites is 1. The van der Waals surface area contributed by atoms with Crippen LogP contribution in [0.15, 0.2) is 42.5 Å². The third-order valence-corrected chi connectivity index (χ3v) is 5.05. The molecule has 0 radical (unpaired) electrons. The molecule has 0 aromatic heterocycles. The Morgan fingerprint density at radius 1 is 1.00 bits per heavy atom. The largest absolute Gasteiger partial charge is 0.368 e. The molecule has 126 valence electrons. The summed E-state index contributed by atoms with van der Waals surface area (Å²) in [7, 11) is 0. The predicted molar refractivity (Wildman–Crippen MR) is 107 cm³/mol. The van der Waals surface area contributed by atoms with Crippen molar-refractivity contribution in [3.63, 3.8) is 0 Å². The van der Waals surface area contributed by atoms with Gasteiger partial charge in [0.05, 0.1) is 0 Å². The van der Waals surface area contributed by atoms with Gasteiger partial charge in [-0.1, -0.05) is 35.9 Å². The summed E-state index contributed by atoms with van der Waals surface area (Å²) in [4.78, 5) is 4.59. The molecule has 1 saturated heterocycles. The molecule has 5 heteroatoms. The van der Waals surface area contributed by atoms with Crippen LogP contribution in [0.25, 0.3) is 0 Å². The van der Waals surface area contributed by atoms with E-state index in [-0.39, 0.29) is 0 Å². The van der Waals surface area contributed by atoms with E-state index in [0.29, 0.717) is 0 Å². The maximum Gasteiger partial charge on any atom is 0.173 e. The minimum Gasteiger partial charge on any atom is -0.368 e. The standard InChI is InChI=1S/C19H22ClN3S/c1-14-5-3-6-15(2)18(14)21-19(24)23-11-9-22(10-12-23)17-8-4-7-16(20)13-17/h3-8,13H,9-12H2,1-2H3,(H,21,24). The van der Waals surface area contributed by atoms with E-state index in [2.05, 4.69) is 53.2 Å². The van der Waals surface area contributed by atoms with E-state index in [1.54, 1.807) is 0 Å². The second-order valence-corrected chi connectivity index (χ2v) is 6.97. The van der Waals surface area contributed by atoms with Gasteiger partial charge in [-0.2, -0.15) is 0 Å². The maximum absolute atomic E-state index is 6.10. The number of nitrogens with one attached hydrogen (secondary N) is 1. The number of nitrogens with zero attached hydrogens (tertiary/aromatic N) is 2. The normalized spacial score (nSPS) is 14.6. The molecule has 0 amide bonds. The minimum absolute atomic E-state index is 0.780. The zero-order valence-corrected chi connectivity index (χ0v) is 15.6. The fourth-order valence-corrected chi connectivity index (χ4v) is 3.51. The molecule has 0 spiro atoms. The number of anilines is 2. The van der Waals surface area contributed by atoms with Gasteiger partial charge in [0.15, 0.2) is 5.11 Å². The number of rotatable bonds is 2. The van der Waals surface area contributed by atoms with Gasteiger partial charge in [0.1, 0.15) is 0 Å². The molecule has 0 bridgehead atoms. The second-order valence-electron chi connectivity index (χ2n) is 6.15. The lowest BCUT2D eigenvalue weighted by Gasteiger charge is -2.37. The lowest BCUT2D eigenvalue weighted by Crippen LogP contribution is -2.50. The van der Waals surface area contributed by atoms with Crippen molar-refractivity contribution in [2.24, 2.45) is 0 Å². The van der Waals surface area contributed by atoms with Crippen molar-refractivity contribution in [1.82, 2.24) is 4.90 Å². The molecule has 2 aromatic rings. The van der Waals surface area contributed by atoms with Gasteiger partial charge >= 0.3 is 0 Å². The summed E-state index contributed by atoms with van der Waals surface area (Å²) in [6, 6.07) is 14.3. The van der Waals surface area contributed by atoms with E-state index >= 15 is 0 Å². The Morgan fingerprint density at radius 2 is 1.62 bits per heavy atom. The Bertz CT molecular complexity index is 719. The first-order valence-electron chi connectivity index (χ1n) is 8.17. The first-order valence-corrected chi connectivity index (χ1v) is 8.96. The predicted octanol–water partition coefficient (Wildman–Crippen LogP) is 4.48. The SMILES string of the molecule is Cc1cccc(C)c1NC(=S)N1CCN(c2cccc(Cl)c2)CC1. The molecule has 0 saturated carbocycles. The zero-order chi connectivity index (χ0) is 17.1. The molecule has 0 atom stereocenters. The van der Waals surface area contributed by atoms with E-state index in [1.165, 1.54) is 16.8 Å². The van der Waals surface area contributed by atoms with E-state index in [4.69, 9.17) is 23.8 Å². The molecular formula is C19H22ClN3S. The Hall–Kier alpha value is -1.78. The van der Waals surface area contributed by atoms with Crippen LogP contribution in [-0.4, -0.2) is 36.2 Å². The topological polar surface area (TPSA) is 18.5 Å². The molecule has 0 unspecified atom stereocenters. The highest BCUT2D eigenvalue weighted by Gasteiger charge is 2.20. The quantitative estimate of drug-likeness (QED) is 0.797. The van der Waals surface area contributed by atoms with Gasteiger partial charge in [-0.05, 0) is 55.4 Å². The van der Waals surface area contributed by atoms with Crippen LogP contribution >= 0.6 is 23.8 Å². The van der Waals surface area contributed by atoms with Crippen molar-refractivity contribution in [2.75, 3.05) is 36.4 Å². The molecule has 3 rings (SSSR count). The number of hydrogen-bond acceptors (Lipinski definition) is 2. The summed E-state index contributed by atoms with van der Waals surface area (Å²) in [6.45, 7) is 7.90. The van der Waals surface area contributed by atoms with Crippen molar-refractivity contribution < 1.29 is 0 Å². The third kappa shape index (κ3) is 3.82. The highest BCUT2D eigenvalue weighted by atomic mass is 35.5. The summed E-state index contributed by atoms with van der Waals surface area (Å²) < 4.78 is 0. The van der Waals surface area contributed by atoms with Gasteiger partial charge in [0.25, 0.3) is 0 Å². The number of benzene rings is 2. The molecule has 1 N–H and O–H groups in total. The summed E-state index contributed by atoms with van der Waals surface area (Å²) in [5.41, 5.74) is 4.74. The molecule has 1 aliphatic rings. The van der Waals surface area contributed by atoms with Crippen LogP contribution < -0.4 is 10.2 Å². The minimum atomic E-state index is 0.780. The molecule has 1 heterocycles. The van der Waals surface area contributed by atoms with Gasteiger partial charge in [-0.15, -0.1) is 0 Å². The Balaban J connectivity index is 1.61. The molecule has 2 aromatic carbocycles. The van der Waals surface area contributed by atoms with Crippen molar-refractivity contribution in [1.29, 1.82) is 0 Å². The van der Waals surface area contributed by atoms with E-state index in [0.717, 1.165) is 42.0 Å². The monoisotopic (exact) mass is 359 g/mol. The molecular weight excluding hydrogens is 338 g/mol. The molecule has 3 nitrogen and oxygen atoms in total. The van der Waals surface area contributed by atoms with Gasteiger partial charge in [0, 0.05) is 42.6 Å². The van der Waals surface area contributed by atoms with Gasteiger partial charge in [-0.3, -0.25) is 0 Å². The van der Waals surface area contributed by atoms with Crippen LogP contribution in [0.3, 0.4) is 0 Å². The lowest BCUT2D eigenvalue weighted by atomic mass is 10.1. The smallest absolute Gasteiger partial charge is 0.173 e. The van der Waals surface area contributed by atoms with Crippen molar-refractivity contribution >= 4 is 40.3 Å². The zero-order valence-electron chi connectivity index (χ0n) is 14.1. The van der Waals surface area contributed by atoms with Gasteiger partial charge in [-0.25, -0.2) is 0 Å². The number of thiocarbonyl (C=S) groups is 1. The lowest BCUT2D eigenvalue weighted by molar-refractivity contribution is 0.391. The fraction of sp³-hybridized carbons (Fsp3) is 0.316. The number of hydrogen-bond donors (Lipinski definition) is 1. The van der Waals surface area contributed by atoms with Crippen LogP contribution in [0.4, 0.5) is 11.4 Å². The van der Waals surface area contributed by atoms with Crippen molar-refractivity contribution in [3.05, 3.63) is 58.6 Å². The number of halogens is 1. The first-order chi connectivity index (χ1) is 11.5. The Morgan fingerprint density at radius 3 is 2.25 bits per heavy atom. The Kier molecular flexibility index (Phi) is 5.27. The molecule has 24 heavy (non-hydrogen) atoms. The van der Waals surface area contributed by atoms with Crippen LogP contribution in [0, 0.1) is 13.8 Å². The van der Waals surface area contributed by atoms with E-state index < -0.39 is 0 Å². The van der Waals surface area contributed by atoms with Crippen LogP contribution in [0.1, 0.15) is 11.1 Å². The van der Waals surface area contributed by atoms with Crippen LogP contribution in [0.5, 0.6) is 0 Å². The second kappa shape index (κ2) is 7.41. The third-order valence-electron chi connectivity index (χ3n) is 4.45. The fourth-order valence-electron chi connectivity index (χ4n) is 3.04. The van der Waals surface area contributed by atoms with Gasteiger partial charge in [0.2, 0.25) is 0 Å². The highest BCUT2D eigenvalue weighted by Crippen LogP contribution is 2.22. The maximum atomic E-state index is 6.10. The Labute approximate surface area is 154 Å². The average Bonchev–Trinajstić information content (AvgIpc) is 2.58. The molecule has 0 aliphatic carbocycles. The van der Waals surface area contributed by atoms with E-state index in [1.807, 2.05) is 18.2 Å². The first kappa shape index (κ1) is 17.1. The highest BCUT2D eigenvalue weighted by molar-refractivity contribution is 7.80. The van der Waals surface area contributed by atoms with Crippen molar-refractivity contribution in [2.45, 2.75) is 13.8 Å².